The average molecular weight is 387 g/mol. The molecule has 0 fully saturated rings. The van der Waals surface area contributed by atoms with Gasteiger partial charge in [0.1, 0.15) is 0 Å². The van der Waals surface area contributed by atoms with Crippen LogP contribution in [-0.2, 0) is 4.79 Å². The van der Waals surface area contributed by atoms with Gasteiger partial charge in [0.2, 0.25) is 5.91 Å². The third kappa shape index (κ3) is 3.93. The number of thioether (sulfide) groups is 1. The van der Waals surface area contributed by atoms with Gasteiger partial charge in [-0.05, 0) is 30.3 Å². The molecule has 0 radical (unpaired) electrons. The van der Waals surface area contributed by atoms with E-state index >= 15 is 0 Å². The number of benzene rings is 2. The molecule has 0 saturated heterocycles. The smallest absolute Gasteiger partial charge is 0.234 e. The standard InChI is InChI=1S/C15H10Cl3N3OS/c16-8-4-5-10-12(6-8)21-15(20-10)23-7-13(22)19-11-3-1-2-9(17)14(11)18/h1-6H,7H2,(H,19,22)(H,20,21). The number of aromatic amines is 1. The number of rotatable bonds is 4. The lowest BCUT2D eigenvalue weighted by Crippen LogP contribution is -2.14. The first kappa shape index (κ1) is 16.5. The molecule has 2 aromatic carbocycles. The molecule has 1 heterocycles. The van der Waals surface area contributed by atoms with Crippen LogP contribution < -0.4 is 5.32 Å². The molecule has 2 N–H and O–H groups in total. The monoisotopic (exact) mass is 385 g/mol. The van der Waals surface area contributed by atoms with Crippen LogP contribution in [0, 0.1) is 0 Å². The Morgan fingerprint density at radius 2 is 2.04 bits per heavy atom. The number of imidazole rings is 1. The minimum atomic E-state index is -0.197. The Morgan fingerprint density at radius 3 is 2.87 bits per heavy atom. The van der Waals surface area contributed by atoms with Crippen LogP contribution in [0.3, 0.4) is 0 Å². The first-order valence-electron chi connectivity index (χ1n) is 6.55. The van der Waals surface area contributed by atoms with Crippen molar-refractivity contribution < 1.29 is 4.79 Å². The fraction of sp³-hybridized carbons (Fsp3) is 0.0667. The summed E-state index contributed by atoms with van der Waals surface area (Å²) < 4.78 is 0. The van der Waals surface area contributed by atoms with Crippen molar-refractivity contribution in [2.45, 2.75) is 5.16 Å². The number of hydrogen-bond donors (Lipinski definition) is 2. The molecule has 0 spiro atoms. The SMILES string of the molecule is O=C(CSc1nc2ccc(Cl)cc2[nH]1)Nc1cccc(Cl)c1Cl. The van der Waals surface area contributed by atoms with Gasteiger partial charge in [-0.3, -0.25) is 4.79 Å². The molecular weight excluding hydrogens is 377 g/mol. The maximum atomic E-state index is 12.0. The van der Waals surface area contributed by atoms with Crippen LogP contribution in [0.25, 0.3) is 11.0 Å². The molecule has 0 unspecified atom stereocenters. The third-order valence-electron chi connectivity index (χ3n) is 2.99. The lowest BCUT2D eigenvalue weighted by Gasteiger charge is -2.07. The van der Waals surface area contributed by atoms with Gasteiger partial charge in [-0.15, -0.1) is 0 Å². The van der Waals surface area contributed by atoms with Crippen LogP contribution >= 0.6 is 46.6 Å². The molecule has 3 rings (SSSR count). The fourth-order valence-electron chi connectivity index (χ4n) is 1.95. The highest BCUT2D eigenvalue weighted by Gasteiger charge is 2.10. The van der Waals surface area contributed by atoms with E-state index in [1.165, 1.54) is 11.8 Å². The van der Waals surface area contributed by atoms with E-state index in [0.717, 1.165) is 11.0 Å². The molecule has 118 valence electrons. The summed E-state index contributed by atoms with van der Waals surface area (Å²) >= 11 is 19.2. The maximum absolute atomic E-state index is 12.0. The summed E-state index contributed by atoms with van der Waals surface area (Å²) in [5.41, 5.74) is 2.12. The van der Waals surface area contributed by atoms with Crippen molar-refractivity contribution in [3.63, 3.8) is 0 Å². The molecule has 0 aliphatic rings. The molecule has 1 amide bonds. The molecule has 0 bridgehead atoms. The molecule has 4 nitrogen and oxygen atoms in total. The van der Waals surface area contributed by atoms with Gasteiger partial charge in [0.05, 0.1) is 32.5 Å². The Labute approximate surface area is 151 Å². The minimum absolute atomic E-state index is 0.191. The van der Waals surface area contributed by atoms with Crippen molar-refractivity contribution in [3.8, 4) is 0 Å². The largest absolute Gasteiger partial charge is 0.333 e. The first-order valence-corrected chi connectivity index (χ1v) is 8.67. The number of halogens is 3. The highest BCUT2D eigenvalue weighted by Crippen LogP contribution is 2.30. The number of carbonyl (C=O) groups is 1. The number of nitrogens with one attached hydrogen (secondary N) is 2. The Hall–Kier alpha value is -1.40. The topological polar surface area (TPSA) is 57.8 Å². The summed E-state index contributed by atoms with van der Waals surface area (Å²) in [7, 11) is 0. The van der Waals surface area contributed by atoms with E-state index in [1.54, 1.807) is 30.3 Å². The number of hydrogen-bond acceptors (Lipinski definition) is 3. The van der Waals surface area contributed by atoms with Gasteiger partial charge >= 0.3 is 0 Å². The number of anilines is 1. The number of nitrogens with zero attached hydrogens (tertiary/aromatic N) is 1. The maximum Gasteiger partial charge on any atom is 0.234 e. The predicted octanol–water partition coefficient (Wildman–Crippen LogP) is 5.25. The summed E-state index contributed by atoms with van der Waals surface area (Å²) in [5.74, 6) is -0.00575. The van der Waals surface area contributed by atoms with Gasteiger partial charge in [-0.2, -0.15) is 0 Å². The van der Waals surface area contributed by atoms with E-state index in [4.69, 9.17) is 34.8 Å². The van der Waals surface area contributed by atoms with Crippen molar-refractivity contribution in [1.82, 2.24) is 9.97 Å². The van der Waals surface area contributed by atoms with Crippen molar-refractivity contribution in [2.75, 3.05) is 11.1 Å². The lowest BCUT2D eigenvalue weighted by atomic mass is 10.3. The Bertz CT molecular complexity index is 882. The Morgan fingerprint density at radius 1 is 1.22 bits per heavy atom. The van der Waals surface area contributed by atoms with E-state index < -0.39 is 0 Å². The molecule has 23 heavy (non-hydrogen) atoms. The second-order valence-electron chi connectivity index (χ2n) is 4.64. The van der Waals surface area contributed by atoms with E-state index in [0.29, 0.717) is 25.9 Å². The summed E-state index contributed by atoms with van der Waals surface area (Å²) in [6, 6.07) is 10.5. The summed E-state index contributed by atoms with van der Waals surface area (Å²) in [5, 5.41) is 4.72. The van der Waals surface area contributed by atoms with Crippen molar-refractivity contribution in [3.05, 3.63) is 51.5 Å². The normalized spacial score (nSPS) is 10.9. The predicted molar refractivity (Wildman–Crippen MR) is 96.9 cm³/mol. The molecular formula is C15H10Cl3N3OS. The number of fused-ring (bicyclic) bond motifs is 1. The van der Waals surface area contributed by atoms with Gasteiger partial charge in [-0.25, -0.2) is 4.98 Å². The first-order chi connectivity index (χ1) is 11.0. The fourth-order valence-corrected chi connectivity index (χ4v) is 3.15. The Balaban J connectivity index is 1.65. The minimum Gasteiger partial charge on any atom is -0.333 e. The average Bonchev–Trinajstić information content (AvgIpc) is 2.92. The van der Waals surface area contributed by atoms with Gasteiger partial charge in [-0.1, -0.05) is 52.6 Å². The highest BCUT2D eigenvalue weighted by atomic mass is 35.5. The highest BCUT2D eigenvalue weighted by molar-refractivity contribution is 7.99. The number of H-pyrrole nitrogens is 1. The van der Waals surface area contributed by atoms with Crippen LogP contribution in [0.2, 0.25) is 15.1 Å². The van der Waals surface area contributed by atoms with Crippen LogP contribution in [0.1, 0.15) is 0 Å². The second kappa shape index (κ2) is 7.01. The number of aromatic nitrogens is 2. The third-order valence-corrected chi connectivity index (χ3v) is 4.92. The van der Waals surface area contributed by atoms with E-state index in [-0.39, 0.29) is 11.7 Å². The van der Waals surface area contributed by atoms with Crippen molar-refractivity contribution in [1.29, 1.82) is 0 Å². The molecule has 0 aliphatic carbocycles. The van der Waals surface area contributed by atoms with Crippen LogP contribution in [0.5, 0.6) is 0 Å². The second-order valence-corrected chi connectivity index (χ2v) is 6.83. The van der Waals surface area contributed by atoms with Gasteiger partial charge in [0.25, 0.3) is 0 Å². The van der Waals surface area contributed by atoms with Crippen LogP contribution in [0.4, 0.5) is 5.69 Å². The van der Waals surface area contributed by atoms with Crippen LogP contribution in [-0.4, -0.2) is 21.6 Å². The van der Waals surface area contributed by atoms with Gasteiger partial charge < -0.3 is 10.3 Å². The van der Waals surface area contributed by atoms with Crippen LogP contribution in [0.15, 0.2) is 41.6 Å². The van der Waals surface area contributed by atoms with Gasteiger partial charge in [0, 0.05) is 5.02 Å². The molecule has 0 aliphatic heterocycles. The molecule has 0 saturated carbocycles. The quantitative estimate of drug-likeness (QED) is 0.602. The van der Waals surface area contributed by atoms with E-state index in [9.17, 15) is 4.79 Å². The lowest BCUT2D eigenvalue weighted by molar-refractivity contribution is -0.113. The zero-order valence-electron chi connectivity index (χ0n) is 11.6. The number of carbonyl (C=O) groups excluding carboxylic acids is 1. The van der Waals surface area contributed by atoms with Crippen molar-refractivity contribution >= 4 is 69.2 Å². The Kier molecular flexibility index (Phi) is 5.02. The molecule has 3 aromatic rings. The molecule has 1 aromatic heterocycles. The number of amides is 1. The van der Waals surface area contributed by atoms with E-state index in [2.05, 4.69) is 15.3 Å². The summed E-state index contributed by atoms with van der Waals surface area (Å²) in [4.78, 5) is 19.5. The molecule has 8 heteroatoms. The zero-order valence-corrected chi connectivity index (χ0v) is 14.7. The molecule has 0 atom stereocenters. The summed E-state index contributed by atoms with van der Waals surface area (Å²) in [6.45, 7) is 0. The van der Waals surface area contributed by atoms with Crippen molar-refractivity contribution in [2.24, 2.45) is 0 Å². The zero-order chi connectivity index (χ0) is 16.4. The van der Waals surface area contributed by atoms with E-state index in [1.807, 2.05) is 6.07 Å². The summed E-state index contributed by atoms with van der Waals surface area (Å²) in [6.07, 6.45) is 0. The van der Waals surface area contributed by atoms with Gasteiger partial charge in [0.15, 0.2) is 5.16 Å².